The van der Waals surface area contributed by atoms with Crippen molar-refractivity contribution in [2.45, 2.75) is 13.0 Å². The van der Waals surface area contributed by atoms with Crippen molar-refractivity contribution in [3.05, 3.63) is 0 Å². The van der Waals surface area contributed by atoms with E-state index in [2.05, 4.69) is 17.5 Å². The predicted octanol–water partition coefficient (Wildman–Crippen LogP) is -0.0678. The number of rotatable bonds is 2. The average molecular weight is 175 g/mol. The van der Waals surface area contributed by atoms with Crippen LogP contribution in [-0.4, -0.2) is 36.1 Å². The topological polar surface area (TPSA) is 58.4 Å². The zero-order chi connectivity index (χ0) is 9.02. The van der Waals surface area contributed by atoms with Gasteiger partial charge in [-0.3, -0.25) is 0 Å². The molecule has 0 aliphatic rings. The van der Waals surface area contributed by atoms with E-state index in [1.165, 1.54) is 4.90 Å². The highest BCUT2D eigenvalue weighted by molar-refractivity contribution is 7.80. The fraction of sp³-hybridized carbons (Fsp3) is 0.667. The molecule has 0 spiro atoms. The molecule has 0 bridgehead atoms. The van der Waals surface area contributed by atoms with Crippen molar-refractivity contribution < 1.29 is 4.79 Å². The first-order valence-corrected chi connectivity index (χ1v) is 3.63. The zero-order valence-corrected chi connectivity index (χ0v) is 7.73. The summed E-state index contributed by atoms with van der Waals surface area (Å²) in [5.41, 5.74) is 5.28. The Bertz CT molecular complexity index is 169. The van der Waals surface area contributed by atoms with E-state index in [0.717, 1.165) is 0 Å². The molecule has 0 aliphatic heterocycles. The van der Waals surface area contributed by atoms with Crippen molar-refractivity contribution in [2.24, 2.45) is 5.73 Å². The maximum atomic E-state index is 11.0. The summed E-state index contributed by atoms with van der Waals surface area (Å²) >= 11 is 4.67. The van der Waals surface area contributed by atoms with Crippen LogP contribution in [0, 0.1) is 0 Å². The number of carbonyl (C=O) groups excluding carboxylic acids is 1. The third-order valence-corrected chi connectivity index (χ3v) is 1.53. The SMILES string of the molecule is CC(NC(=O)N(C)C)C(N)=S. The van der Waals surface area contributed by atoms with Gasteiger partial charge in [-0.2, -0.15) is 0 Å². The predicted molar refractivity (Wildman–Crippen MR) is 48.5 cm³/mol. The van der Waals surface area contributed by atoms with Gasteiger partial charge in [-0.1, -0.05) is 12.2 Å². The lowest BCUT2D eigenvalue weighted by molar-refractivity contribution is 0.216. The summed E-state index contributed by atoms with van der Waals surface area (Å²) in [6.07, 6.45) is 0. The van der Waals surface area contributed by atoms with E-state index >= 15 is 0 Å². The van der Waals surface area contributed by atoms with E-state index in [-0.39, 0.29) is 12.1 Å². The maximum absolute atomic E-state index is 11.0. The summed E-state index contributed by atoms with van der Waals surface area (Å²) in [6, 6.07) is -0.440. The van der Waals surface area contributed by atoms with Crippen LogP contribution in [0.15, 0.2) is 0 Å². The van der Waals surface area contributed by atoms with E-state index in [9.17, 15) is 4.79 Å². The van der Waals surface area contributed by atoms with E-state index in [4.69, 9.17) is 5.73 Å². The van der Waals surface area contributed by atoms with Crippen molar-refractivity contribution in [2.75, 3.05) is 14.1 Å². The molecule has 0 fully saturated rings. The molecule has 1 atom stereocenters. The number of nitrogens with one attached hydrogen (secondary N) is 1. The monoisotopic (exact) mass is 175 g/mol. The summed E-state index contributed by atoms with van der Waals surface area (Å²) in [4.78, 5) is 12.7. The van der Waals surface area contributed by atoms with Gasteiger partial charge >= 0.3 is 6.03 Å². The third kappa shape index (κ3) is 3.77. The van der Waals surface area contributed by atoms with Gasteiger partial charge in [0.1, 0.15) is 0 Å². The molecule has 0 heterocycles. The van der Waals surface area contributed by atoms with Crippen LogP contribution in [0.3, 0.4) is 0 Å². The van der Waals surface area contributed by atoms with E-state index in [0.29, 0.717) is 4.99 Å². The number of nitrogens with zero attached hydrogens (tertiary/aromatic N) is 1. The van der Waals surface area contributed by atoms with Gasteiger partial charge in [0, 0.05) is 14.1 Å². The summed E-state index contributed by atoms with van der Waals surface area (Å²) in [7, 11) is 3.31. The summed E-state index contributed by atoms with van der Waals surface area (Å²) in [6.45, 7) is 1.74. The average Bonchev–Trinajstić information content (AvgIpc) is 1.87. The Balaban J connectivity index is 3.85. The molecule has 0 saturated heterocycles. The standard InChI is InChI=1S/C6H13N3OS/c1-4(5(7)11)8-6(10)9(2)3/h4H,1-3H3,(H2,7,11)(H,8,10). The molecule has 5 heteroatoms. The quantitative estimate of drug-likeness (QED) is 0.578. The lowest BCUT2D eigenvalue weighted by atomic mass is 10.3. The van der Waals surface area contributed by atoms with Crippen molar-refractivity contribution in [1.29, 1.82) is 0 Å². The minimum absolute atomic E-state index is 0.190. The lowest BCUT2D eigenvalue weighted by Gasteiger charge is -2.16. The molecule has 64 valence electrons. The molecule has 0 saturated carbocycles. The van der Waals surface area contributed by atoms with Gasteiger partial charge in [0.15, 0.2) is 0 Å². The van der Waals surface area contributed by atoms with Crippen molar-refractivity contribution >= 4 is 23.2 Å². The van der Waals surface area contributed by atoms with Gasteiger partial charge in [-0.15, -0.1) is 0 Å². The maximum Gasteiger partial charge on any atom is 0.317 e. The Morgan fingerprint density at radius 3 is 2.36 bits per heavy atom. The number of carbonyl (C=O) groups is 1. The molecule has 0 rings (SSSR count). The van der Waals surface area contributed by atoms with Gasteiger partial charge in [0.05, 0.1) is 11.0 Å². The van der Waals surface area contributed by atoms with Crippen molar-refractivity contribution in [3.63, 3.8) is 0 Å². The second-order valence-corrected chi connectivity index (χ2v) is 2.94. The first-order valence-electron chi connectivity index (χ1n) is 3.22. The number of urea groups is 1. The molecule has 0 radical (unpaired) electrons. The molecular formula is C6H13N3OS. The van der Waals surface area contributed by atoms with Crippen LogP contribution in [0.25, 0.3) is 0 Å². The Kier molecular flexibility index (Phi) is 3.81. The Labute approximate surface area is 71.7 Å². The molecule has 3 N–H and O–H groups in total. The van der Waals surface area contributed by atoms with Gasteiger partial charge in [-0.25, -0.2) is 4.79 Å². The molecule has 0 aromatic rings. The lowest BCUT2D eigenvalue weighted by Crippen LogP contribution is -2.45. The number of amides is 2. The molecular weight excluding hydrogens is 162 g/mol. The molecule has 0 aromatic heterocycles. The second-order valence-electron chi connectivity index (χ2n) is 2.47. The van der Waals surface area contributed by atoms with Gasteiger partial charge in [-0.05, 0) is 6.92 Å². The fourth-order valence-electron chi connectivity index (χ4n) is 0.385. The first kappa shape index (κ1) is 10.2. The fourth-order valence-corrected chi connectivity index (χ4v) is 0.444. The number of thiocarbonyl (C=S) groups is 1. The van der Waals surface area contributed by atoms with Crippen LogP contribution in [0.5, 0.6) is 0 Å². The van der Waals surface area contributed by atoms with Crippen molar-refractivity contribution in [3.8, 4) is 0 Å². The Morgan fingerprint density at radius 2 is 2.09 bits per heavy atom. The highest BCUT2D eigenvalue weighted by Crippen LogP contribution is 1.84. The number of hydrogen-bond donors (Lipinski definition) is 2. The van der Waals surface area contributed by atoms with Crippen LogP contribution >= 0.6 is 12.2 Å². The van der Waals surface area contributed by atoms with Crippen molar-refractivity contribution in [1.82, 2.24) is 10.2 Å². The summed E-state index contributed by atoms with van der Waals surface area (Å²) in [5.74, 6) is 0. The summed E-state index contributed by atoms with van der Waals surface area (Å²) in [5, 5.41) is 2.60. The number of hydrogen-bond acceptors (Lipinski definition) is 2. The molecule has 11 heavy (non-hydrogen) atoms. The van der Waals surface area contributed by atoms with Gasteiger partial charge in [0.25, 0.3) is 0 Å². The van der Waals surface area contributed by atoms with Gasteiger partial charge < -0.3 is 16.0 Å². The largest absolute Gasteiger partial charge is 0.392 e. The van der Waals surface area contributed by atoms with E-state index in [1.807, 2.05) is 0 Å². The number of nitrogens with two attached hydrogens (primary N) is 1. The highest BCUT2D eigenvalue weighted by atomic mass is 32.1. The van der Waals surface area contributed by atoms with Crippen LogP contribution < -0.4 is 11.1 Å². The molecule has 0 aliphatic carbocycles. The molecule has 0 aromatic carbocycles. The highest BCUT2D eigenvalue weighted by Gasteiger charge is 2.09. The van der Waals surface area contributed by atoms with Crippen LogP contribution in [-0.2, 0) is 0 Å². The molecule has 2 amide bonds. The third-order valence-electron chi connectivity index (χ3n) is 1.17. The van der Waals surface area contributed by atoms with Crippen LogP contribution in [0.1, 0.15) is 6.92 Å². The van der Waals surface area contributed by atoms with Crippen LogP contribution in [0.2, 0.25) is 0 Å². The summed E-state index contributed by atoms with van der Waals surface area (Å²) < 4.78 is 0. The van der Waals surface area contributed by atoms with Gasteiger partial charge in [0.2, 0.25) is 0 Å². The molecule has 4 nitrogen and oxygen atoms in total. The Morgan fingerprint density at radius 1 is 1.64 bits per heavy atom. The first-order chi connectivity index (χ1) is 4.95. The minimum atomic E-state index is -0.250. The molecule has 1 unspecified atom stereocenters. The smallest absolute Gasteiger partial charge is 0.317 e. The Hall–Kier alpha value is -0.840. The van der Waals surface area contributed by atoms with E-state index < -0.39 is 0 Å². The van der Waals surface area contributed by atoms with E-state index in [1.54, 1.807) is 21.0 Å². The minimum Gasteiger partial charge on any atom is -0.392 e. The normalized spacial score (nSPS) is 11.9. The van der Waals surface area contributed by atoms with Crippen LogP contribution in [0.4, 0.5) is 4.79 Å². The second kappa shape index (κ2) is 4.12. The zero-order valence-electron chi connectivity index (χ0n) is 6.92.